The second-order valence-corrected chi connectivity index (χ2v) is 3.24. The van der Waals surface area contributed by atoms with Gasteiger partial charge in [0.2, 0.25) is 0 Å². The summed E-state index contributed by atoms with van der Waals surface area (Å²) in [7, 11) is 0. The summed E-state index contributed by atoms with van der Waals surface area (Å²) in [6, 6.07) is 3.02. The van der Waals surface area contributed by atoms with Gasteiger partial charge in [-0.1, -0.05) is 0 Å². The van der Waals surface area contributed by atoms with E-state index < -0.39 is 0 Å². The highest BCUT2D eigenvalue weighted by atomic mass is 16.2. The maximum Gasteiger partial charge on any atom is 0.280 e. The fraction of sp³-hybridized carbons (Fsp3) is 0. The smallest absolute Gasteiger partial charge is 0.267 e. The molecule has 76 valence electrons. The molecule has 0 spiro atoms. The number of aliphatic imine (C=N–C) groups is 2. The number of nitrogens with zero attached hydrogens (tertiary/aromatic N) is 4. The monoisotopic (exact) mass is 212 g/mol. The Labute approximate surface area is 88.8 Å². The van der Waals surface area contributed by atoms with E-state index in [9.17, 15) is 9.59 Å². The Hall–Kier alpha value is -2.50. The fourth-order valence-electron chi connectivity index (χ4n) is 1.56. The molecule has 0 aromatic heterocycles. The molecule has 0 N–H and O–H groups in total. The number of hydrogen-bond acceptors (Lipinski definition) is 4. The van der Waals surface area contributed by atoms with Crippen LogP contribution in [0.15, 0.2) is 32.1 Å². The summed E-state index contributed by atoms with van der Waals surface area (Å²) < 4.78 is 0. The molecule has 2 aliphatic rings. The molecule has 0 saturated carbocycles. The summed E-state index contributed by atoms with van der Waals surface area (Å²) in [6.45, 7) is 0. The van der Waals surface area contributed by atoms with E-state index in [0.717, 1.165) is 0 Å². The number of amides is 2. The van der Waals surface area contributed by atoms with Crippen LogP contribution in [0.5, 0.6) is 0 Å². The van der Waals surface area contributed by atoms with Crippen LogP contribution in [-0.2, 0) is 0 Å². The van der Waals surface area contributed by atoms with Gasteiger partial charge in [-0.3, -0.25) is 9.59 Å². The van der Waals surface area contributed by atoms with E-state index in [1.54, 1.807) is 0 Å². The molecule has 1 aromatic carbocycles. The highest BCUT2D eigenvalue weighted by Gasteiger charge is 2.16. The lowest BCUT2D eigenvalue weighted by Crippen LogP contribution is -2.28. The molecule has 6 heteroatoms. The van der Waals surface area contributed by atoms with E-state index in [4.69, 9.17) is 0 Å². The van der Waals surface area contributed by atoms with Crippen molar-refractivity contribution >= 4 is 24.5 Å². The van der Waals surface area contributed by atoms with Crippen LogP contribution in [0, 0.1) is 0 Å². The number of fused-ring (bicyclic) bond motifs is 2. The molecule has 0 saturated heterocycles. The standard InChI is InChI=1S/C10H4N4O2/c15-9-5-1-7-6(10(16)14-3-11-7)2-8(5)12-4-13-9/h1-4H. The molecule has 0 bridgehead atoms. The van der Waals surface area contributed by atoms with E-state index in [-0.39, 0.29) is 11.8 Å². The van der Waals surface area contributed by atoms with Crippen LogP contribution in [0.2, 0.25) is 0 Å². The predicted molar refractivity (Wildman–Crippen MR) is 54.4 cm³/mol. The van der Waals surface area contributed by atoms with Gasteiger partial charge in [0.05, 0.1) is 21.8 Å². The lowest BCUT2D eigenvalue weighted by atomic mass is 10.1. The first-order valence-corrected chi connectivity index (χ1v) is 4.49. The van der Waals surface area contributed by atoms with Gasteiger partial charge in [-0.25, -0.2) is 9.98 Å². The third kappa shape index (κ3) is 1.13. The summed E-state index contributed by atoms with van der Waals surface area (Å²) in [5, 5.41) is 0.860. The van der Waals surface area contributed by atoms with Gasteiger partial charge in [-0.2, -0.15) is 9.98 Å². The number of carbonyl (C=O) groups is 2. The first kappa shape index (κ1) is 8.78. The van der Waals surface area contributed by atoms with Gasteiger partial charge >= 0.3 is 0 Å². The Morgan fingerprint density at radius 2 is 1.19 bits per heavy atom. The average molecular weight is 212 g/mol. The molecule has 0 radical (unpaired) electrons. The molecule has 3 rings (SSSR count). The minimum atomic E-state index is -0.377. The van der Waals surface area contributed by atoms with Crippen LogP contribution >= 0.6 is 0 Å². The van der Waals surface area contributed by atoms with Crippen molar-refractivity contribution in [3.05, 3.63) is 34.0 Å². The van der Waals surface area contributed by atoms with E-state index in [1.807, 2.05) is 0 Å². The minimum absolute atomic E-state index is 0.355. The number of rotatable bonds is 0. The second kappa shape index (κ2) is 2.99. The molecule has 6 nitrogen and oxygen atoms in total. The molecule has 0 aliphatic carbocycles. The molecule has 2 amide bonds. The number of carbonyl (C=O) groups excluding carboxylic acids is 2. The molecule has 0 unspecified atom stereocenters. The van der Waals surface area contributed by atoms with Gasteiger partial charge in [0.1, 0.15) is 12.7 Å². The lowest BCUT2D eigenvalue weighted by Gasteiger charge is -2.05. The Bertz CT molecular complexity index is 639. The van der Waals surface area contributed by atoms with Crippen molar-refractivity contribution < 1.29 is 9.59 Å². The summed E-state index contributed by atoms with van der Waals surface area (Å²) in [6.07, 6.45) is 2.34. The van der Waals surface area contributed by atoms with Crippen molar-refractivity contribution in [3.8, 4) is 0 Å². The van der Waals surface area contributed by atoms with Gasteiger partial charge in [-0.05, 0) is 12.1 Å². The van der Waals surface area contributed by atoms with Crippen molar-refractivity contribution in [3.63, 3.8) is 0 Å². The Morgan fingerprint density at radius 1 is 0.750 bits per heavy atom. The maximum atomic E-state index is 11.4. The number of hydrogen-bond donors (Lipinski definition) is 0. The van der Waals surface area contributed by atoms with E-state index in [0.29, 0.717) is 21.8 Å². The fourth-order valence-corrected chi connectivity index (χ4v) is 1.56. The molecule has 1 aromatic rings. The van der Waals surface area contributed by atoms with Crippen molar-refractivity contribution in [2.75, 3.05) is 0 Å². The summed E-state index contributed by atoms with van der Waals surface area (Å²) >= 11 is 0. The van der Waals surface area contributed by atoms with E-state index >= 15 is 0 Å². The van der Waals surface area contributed by atoms with E-state index in [1.165, 1.54) is 24.8 Å². The third-order valence-electron chi connectivity index (χ3n) is 2.32. The summed E-state index contributed by atoms with van der Waals surface area (Å²) in [4.78, 5) is 37.8. The lowest BCUT2D eigenvalue weighted by molar-refractivity contribution is 0.0987. The highest BCUT2D eigenvalue weighted by molar-refractivity contribution is 6.03. The van der Waals surface area contributed by atoms with Gasteiger partial charge < -0.3 is 0 Å². The normalized spacial score (nSPS) is 16.2. The van der Waals surface area contributed by atoms with Crippen molar-refractivity contribution in [2.45, 2.75) is 0 Å². The van der Waals surface area contributed by atoms with Crippen LogP contribution in [-0.4, -0.2) is 24.5 Å². The first-order chi connectivity index (χ1) is 7.75. The van der Waals surface area contributed by atoms with Crippen molar-refractivity contribution in [1.29, 1.82) is 0 Å². The summed E-state index contributed by atoms with van der Waals surface area (Å²) in [5.74, 6) is -0.754. The van der Waals surface area contributed by atoms with Gasteiger partial charge in [0.15, 0.2) is 0 Å². The molecule has 16 heavy (non-hydrogen) atoms. The molecule has 0 fully saturated rings. The Balaban J connectivity index is 2.43. The quantitative estimate of drug-likeness (QED) is 0.569. The third-order valence-corrected chi connectivity index (χ3v) is 2.32. The zero-order chi connectivity index (χ0) is 11.1. The molecule has 2 heterocycles. The second-order valence-electron chi connectivity index (χ2n) is 3.24. The van der Waals surface area contributed by atoms with Gasteiger partial charge in [0.25, 0.3) is 11.8 Å². The minimum Gasteiger partial charge on any atom is -0.267 e. The largest absolute Gasteiger partial charge is 0.280 e. The van der Waals surface area contributed by atoms with Crippen molar-refractivity contribution in [2.24, 2.45) is 20.0 Å². The van der Waals surface area contributed by atoms with Crippen molar-refractivity contribution in [1.82, 2.24) is 0 Å². The van der Waals surface area contributed by atoms with Crippen LogP contribution < -0.4 is 10.7 Å². The van der Waals surface area contributed by atoms with Crippen LogP contribution in [0.1, 0.15) is 20.7 Å². The molecular formula is C10H4N4O2. The summed E-state index contributed by atoms with van der Waals surface area (Å²) in [5.41, 5.74) is 0.709. The highest BCUT2D eigenvalue weighted by Crippen LogP contribution is 2.01. The Morgan fingerprint density at radius 3 is 1.62 bits per heavy atom. The zero-order valence-corrected chi connectivity index (χ0v) is 7.91. The van der Waals surface area contributed by atoms with Gasteiger partial charge in [-0.15, -0.1) is 0 Å². The SMILES string of the molecule is O=C1N=CN=c2cc3c(cc21)=NC=NC3=O. The molecule has 2 aliphatic heterocycles. The van der Waals surface area contributed by atoms with Gasteiger partial charge in [0, 0.05) is 0 Å². The van der Waals surface area contributed by atoms with Crippen LogP contribution in [0.3, 0.4) is 0 Å². The molecule has 0 atom stereocenters. The van der Waals surface area contributed by atoms with Crippen LogP contribution in [0.4, 0.5) is 0 Å². The first-order valence-electron chi connectivity index (χ1n) is 4.49. The maximum absolute atomic E-state index is 11.4. The average Bonchev–Trinajstić information content (AvgIpc) is 2.29. The topological polar surface area (TPSA) is 83.6 Å². The predicted octanol–water partition coefficient (Wildman–Crippen LogP) is -0.710. The number of benzene rings is 1. The molecular weight excluding hydrogens is 208 g/mol. The Kier molecular flexibility index (Phi) is 1.64. The zero-order valence-electron chi connectivity index (χ0n) is 7.91. The van der Waals surface area contributed by atoms with Crippen LogP contribution in [0.25, 0.3) is 0 Å². The van der Waals surface area contributed by atoms with E-state index in [2.05, 4.69) is 20.0 Å².